The Morgan fingerprint density at radius 2 is 1.95 bits per heavy atom. The molecule has 1 unspecified atom stereocenters. The first kappa shape index (κ1) is 16.8. The smallest absolute Gasteiger partial charge is 0.410 e. The number of carbonyl (C=O) groups excluding carboxylic acids is 3. The average Bonchev–Trinajstić information content (AvgIpc) is 2.29. The summed E-state index contributed by atoms with van der Waals surface area (Å²) in [7, 11) is 3.30. The number of thioether (sulfide) groups is 1. The van der Waals surface area contributed by atoms with E-state index in [1.807, 2.05) is 0 Å². The van der Waals surface area contributed by atoms with Gasteiger partial charge in [0.2, 0.25) is 0 Å². The molecule has 0 aromatic heterocycles. The molecule has 0 spiro atoms. The van der Waals surface area contributed by atoms with Crippen LogP contribution in [0, 0.1) is 0 Å². The fraction of sp³-hybridized carbons (Fsp3) is 0.769. The van der Waals surface area contributed by atoms with E-state index in [2.05, 4.69) is 0 Å². The maximum atomic E-state index is 12.0. The molecule has 0 radical (unpaired) electrons. The molecule has 7 heteroatoms. The summed E-state index contributed by atoms with van der Waals surface area (Å²) < 4.78 is 5.23. The van der Waals surface area contributed by atoms with Crippen LogP contribution in [0.2, 0.25) is 0 Å². The molecule has 1 atom stereocenters. The first-order valence-corrected chi connectivity index (χ1v) is 7.36. The molecule has 0 N–H and O–H groups in total. The van der Waals surface area contributed by atoms with E-state index < -0.39 is 11.7 Å². The van der Waals surface area contributed by atoms with E-state index >= 15 is 0 Å². The van der Waals surface area contributed by atoms with Gasteiger partial charge in [-0.15, -0.1) is 0 Å². The quantitative estimate of drug-likeness (QED) is 0.741. The zero-order chi connectivity index (χ0) is 15.5. The van der Waals surface area contributed by atoms with Crippen molar-refractivity contribution in [3.8, 4) is 0 Å². The third-order valence-corrected chi connectivity index (χ3v) is 3.98. The van der Waals surface area contributed by atoms with E-state index in [4.69, 9.17) is 4.74 Å². The van der Waals surface area contributed by atoms with Gasteiger partial charge in [0.05, 0.1) is 11.8 Å². The van der Waals surface area contributed by atoms with E-state index in [0.717, 1.165) is 11.8 Å². The van der Waals surface area contributed by atoms with E-state index in [1.54, 1.807) is 34.9 Å². The van der Waals surface area contributed by atoms with Gasteiger partial charge in [-0.1, -0.05) is 11.8 Å². The lowest BCUT2D eigenvalue weighted by Crippen LogP contribution is -2.47. The molecule has 0 aromatic carbocycles. The van der Waals surface area contributed by atoms with Gasteiger partial charge in [-0.3, -0.25) is 9.59 Å². The summed E-state index contributed by atoms with van der Waals surface area (Å²) in [6.07, 6.45) is -0.00396. The van der Waals surface area contributed by atoms with Crippen molar-refractivity contribution in [2.45, 2.75) is 38.0 Å². The summed E-state index contributed by atoms with van der Waals surface area (Å²) >= 11 is 1.02. The Morgan fingerprint density at radius 3 is 2.40 bits per heavy atom. The van der Waals surface area contributed by atoms with Crippen molar-refractivity contribution in [1.29, 1.82) is 0 Å². The van der Waals surface area contributed by atoms with Crippen molar-refractivity contribution in [2.24, 2.45) is 0 Å². The summed E-state index contributed by atoms with van der Waals surface area (Å²) in [5.41, 5.74) is -0.577. The molecule has 2 amide bonds. The Kier molecular flexibility index (Phi) is 5.44. The first-order valence-electron chi connectivity index (χ1n) is 6.49. The number of ketones is 1. The standard InChI is InChI=1S/C13H22N2O4S/c1-13(2,3)19-11(17)15-7-6-10(9(16)8-15)20-12(18)14(4)5/h10H,6-8H2,1-5H3. The number of hydrogen-bond donors (Lipinski definition) is 0. The zero-order valence-electron chi connectivity index (χ0n) is 12.6. The van der Waals surface area contributed by atoms with Gasteiger partial charge < -0.3 is 14.5 Å². The second kappa shape index (κ2) is 6.47. The van der Waals surface area contributed by atoms with Gasteiger partial charge in [-0.2, -0.15) is 0 Å². The second-order valence-electron chi connectivity index (χ2n) is 5.92. The lowest BCUT2D eigenvalue weighted by Gasteiger charge is -2.32. The maximum absolute atomic E-state index is 12.0. The van der Waals surface area contributed by atoms with Crippen LogP contribution in [0.1, 0.15) is 27.2 Å². The number of nitrogens with zero attached hydrogens (tertiary/aromatic N) is 2. The zero-order valence-corrected chi connectivity index (χ0v) is 13.5. The van der Waals surface area contributed by atoms with Crippen LogP contribution < -0.4 is 0 Å². The average molecular weight is 302 g/mol. The van der Waals surface area contributed by atoms with Gasteiger partial charge in [0.25, 0.3) is 5.24 Å². The first-order chi connectivity index (χ1) is 9.10. The molecule has 1 saturated heterocycles. The van der Waals surface area contributed by atoms with Crippen LogP contribution in [0.25, 0.3) is 0 Å². The second-order valence-corrected chi connectivity index (χ2v) is 7.08. The van der Waals surface area contributed by atoms with Crippen molar-refractivity contribution in [1.82, 2.24) is 9.80 Å². The van der Waals surface area contributed by atoms with Crippen LogP contribution >= 0.6 is 11.8 Å². The number of amides is 2. The molecular formula is C13H22N2O4S. The molecule has 114 valence electrons. The van der Waals surface area contributed by atoms with Crippen molar-refractivity contribution in [3.05, 3.63) is 0 Å². The van der Waals surface area contributed by atoms with Crippen molar-refractivity contribution in [3.63, 3.8) is 0 Å². The van der Waals surface area contributed by atoms with E-state index in [0.29, 0.717) is 13.0 Å². The molecule has 6 nitrogen and oxygen atoms in total. The molecule has 0 bridgehead atoms. The number of carbonyl (C=O) groups is 3. The number of rotatable bonds is 1. The minimum atomic E-state index is -0.577. The largest absolute Gasteiger partial charge is 0.444 e. The molecule has 0 aromatic rings. The van der Waals surface area contributed by atoms with E-state index in [1.165, 1.54) is 9.80 Å². The molecule has 1 aliphatic heterocycles. The molecule has 20 heavy (non-hydrogen) atoms. The number of piperidine rings is 1. The SMILES string of the molecule is CN(C)C(=O)SC1CCN(C(=O)OC(C)(C)C)CC1=O. The predicted octanol–water partition coefficient (Wildman–Crippen LogP) is 1.98. The topological polar surface area (TPSA) is 66.9 Å². The summed E-state index contributed by atoms with van der Waals surface area (Å²) in [6.45, 7) is 5.79. The van der Waals surface area contributed by atoms with Gasteiger partial charge >= 0.3 is 6.09 Å². The molecule has 1 aliphatic rings. The number of ether oxygens (including phenoxy) is 1. The highest BCUT2D eigenvalue weighted by Gasteiger charge is 2.33. The molecule has 1 heterocycles. The monoisotopic (exact) mass is 302 g/mol. The summed E-state index contributed by atoms with van der Waals surface area (Å²) in [5, 5.41) is -0.516. The van der Waals surface area contributed by atoms with Crippen molar-refractivity contribution >= 4 is 28.9 Å². The predicted molar refractivity (Wildman–Crippen MR) is 77.9 cm³/mol. The molecule has 1 fully saturated rings. The normalized spacial score (nSPS) is 19.8. The van der Waals surface area contributed by atoms with Gasteiger partial charge in [0.1, 0.15) is 5.60 Å². The maximum Gasteiger partial charge on any atom is 0.410 e. The molecule has 1 rings (SSSR count). The summed E-state index contributed by atoms with van der Waals surface area (Å²) in [4.78, 5) is 38.3. The van der Waals surface area contributed by atoms with Crippen LogP contribution in [0.3, 0.4) is 0 Å². The Bertz CT molecular complexity index is 404. The Balaban J connectivity index is 2.53. The van der Waals surface area contributed by atoms with Crippen molar-refractivity contribution < 1.29 is 19.1 Å². The molecular weight excluding hydrogens is 280 g/mol. The van der Waals surface area contributed by atoms with Gasteiger partial charge in [0.15, 0.2) is 5.78 Å². The van der Waals surface area contributed by atoms with Crippen molar-refractivity contribution in [2.75, 3.05) is 27.2 Å². The van der Waals surface area contributed by atoms with Crippen LogP contribution in [0.15, 0.2) is 0 Å². The number of likely N-dealkylation sites (tertiary alicyclic amines) is 1. The minimum absolute atomic E-state index is 0.00723. The highest BCUT2D eigenvalue weighted by molar-refractivity contribution is 8.14. The highest BCUT2D eigenvalue weighted by Crippen LogP contribution is 2.24. The number of hydrogen-bond acceptors (Lipinski definition) is 5. The lowest BCUT2D eigenvalue weighted by atomic mass is 10.1. The molecule has 0 aliphatic carbocycles. The van der Waals surface area contributed by atoms with Crippen LogP contribution in [0.4, 0.5) is 9.59 Å². The summed E-state index contributed by atoms with van der Waals surface area (Å²) in [6, 6.07) is 0. The minimum Gasteiger partial charge on any atom is -0.444 e. The van der Waals surface area contributed by atoms with Crippen LogP contribution in [-0.2, 0) is 9.53 Å². The summed E-state index contributed by atoms with van der Waals surface area (Å²) in [5.74, 6) is -0.109. The fourth-order valence-electron chi connectivity index (χ4n) is 1.64. The van der Waals surface area contributed by atoms with Gasteiger partial charge in [-0.25, -0.2) is 4.79 Å². The number of Topliss-reactive ketones (excluding diaryl/α,β-unsaturated/α-hetero) is 1. The van der Waals surface area contributed by atoms with Crippen LogP contribution in [0.5, 0.6) is 0 Å². The van der Waals surface area contributed by atoms with Gasteiger partial charge in [-0.05, 0) is 27.2 Å². The Labute approximate surface area is 123 Å². The lowest BCUT2D eigenvalue weighted by molar-refractivity contribution is -0.121. The Hall–Kier alpha value is -1.24. The fourth-order valence-corrected chi connectivity index (χ4v) is 2.52. The molecule has 0 saturated carbocycles. The van der Waals surface area contributed by atoms with E-state index in [-0.39, 0.29) is 22.8 Å². The third kappa shape index (κ3) is 5.03. The van der Waals surface area contributed by atoms with E-state index in [9.17, 15) is 14.4 Å². The third-order valence-electron chi connectivity index (χ3n) is 2.63. The van der Waals surface area contributed by atoms with Gasteiger partial charge in [0, 0.05) is 20.6 Å². The Morgan fingerprint density at radius 1 is 1.35 bits per heavy atom. The highest BCUT2D eigenvalue weighted by atomic mass is 32.2. The van der Waals surface area contributed by atoms with Crippen LogP contribution in [-0.4, -0.2) is 65.0 Å².